The number of rotatable bonds is 4. The van der Waals surface area contributed by atoms with E-state index in [0.717, 1.165) is 11.3 Å². The van der Waals surface area contributed by atoms with Crippen LogP contribution in [0.3, 0.4) is 0 Å². The van der Waals surface area contributed by atoms with Crippen LogP contribution >= 0.6 is 0 Å². The summed E-state index contributed by atoms with van der Waals surface area (Å²) < 4.78 is 5.31. The summed E-state index contributed by atoms with van der Waals surface area (Å²) in [6, 6.07) is 14.4. The van der Waals surface area contributed by atoms with E-state index in [9.17, 15) is 0 Å². The molecule has 0 fully saturated rings. The first kappa shape index (κ1) is 14.3. The number of aromatic nitrogens is 2. The molecule has 0 aliphatic rings. The lowest BCUT2D eigenvalue weighted by Gasteiger charge is -2.07. The van der Waals surface area contributed by atoms with Gasteiger partial charge in [0.05, 0.1) is 6.54 Å². The van der Waals surface area contributed by atoms with Gasteiger partial charge in [-0.15, -0.1) is 0 Å². The fraction of sp³-hybridized carbons (Fsp3) is 0.222. The lowest BCUT2D eigenvalue weighted by Crippen LogP contribution is -2.01. The van der Waals surface area contributed by atoms with Crippen LogP contribution in [0.1, 0.15) is 22.6 Å². The van der Waals surface area contributed by atoms with Crippen molar-refractivity contribution in [3.8, 4) is 11.4 Å². The van der Waals surface area contributed by atoms with Gasteiger partial charge in [0.25, 0.3) is 0 Å². The van der Waals surface area contributed by atoms with Crippen molar-refractivity contribution in [3.63, 3.8) is 0 Å². The summed E-state index contributed by atoms with van der Waals surface area (Å²) >= 11 is 0. The molecule has 112 valence electrons. The lowest BCUT2D eigenvalue weighted by molar-refractivity contribution is 0.384. The van der Waals surface area contributed by atoms with Gasteiger partial charge in [0.15, 0.2) is 0 Å². The molecule has 0 spiro atoms. The molecule has 0 saturated heterocycles. The highest BCUT2D eigenvalue weighted by Gasteiger charge is 2.08. The Labute approximate surface area is 130 Å². The molecule has 4 heteroatoms. The van der Waals surface area contributed by atoms with Crippen molar-refractivity contribution < 1.29 is 4.52 Å². The van der Waals surface area contributed by atoms with Crippen LogP contribution in [-0.4, -0.2) is 10.1 Å². The van der Waals surface area contributed by atoms with Gasteiger partial charge in [-0.05, 0) is 32.4 Å². The molecule has 0 aliphatic carbocycles. The standard InChI is InChI=1S/C18H19N3O/c1-12-4-7-15(8-5-12)18-20-17(22-21-18)11-19-16-9-6-13(2)10-14(16)3/h4-10,19H,11H2,1-3H3. The van der Waals surface area contributed by atoms with Gasteiger partial charge < -0.3 is 9.84 Å². The third-order valence-electron chi connectivity index (χ3n) is 3.59. The quantitative estimate of drug-likeness (QED) is 0.780. The highest BCUT2D eigenvalue weighted by Crippen LogP contribution is 2.19. The van der Waals surface area contributed by atoms with Crippen LogP contribution in [-0.2, 0) is 6.54 Å². The van der Waals surface area contributed by atoms with Gasteiger partial charge in [0, 0.05) is 11.3 Å². The van der Waals surface area contributed by atoms with E-state index >= 15 is 0 Å². The second-order valence-electron chi connectivity index (χ2n) is 5.55. The van der Waals surface area contributed by atoms with Gasteiger partial charge in [0.1, 0.15) is 0 Å². The summed E-state index contributed by atoms with van der Waals surface area (Å²) in [5, 5.41) is 7.37. The lowest BCUT2D eigenvalue weighted by atomic mass is 10.1. The minimum absolute atomic E-state index is 0.517. The molecule has 0 atom stereocenters. The molecule has 3 aromatic rings. The third kappa shape index (κ3) is 3.17. The molecule has 4 nitrogen and oxygen atoms in total. The largest absolute Gasteiger partial charge is 0.376 e. The molecule has 22 heavy (non-hydrogen) atoms. The van der Waals surface area contributed by atoms with Crippen LogP contribution in [0.2, 0.25) is 0 Å². The van der Waals surface area contributed by atoms with Gasteiger partial charge in [-0.3, -0.25) is 0 Å². The topological polar surface area (TPSA) is 51.0 Å². The summed E-state index contributed by atoms with van der Waals surface area (Å²) in [5.74, 6) is 1.20. The van der Waals surface area contributed by atoms with Crippen LogP contribution in [0.5, 0.6) is 0 Å². The summed E-state index contributed by atoms with van der Waals surface area (Å²) in [6.07, 6.45) is 0. The monoisotopic (exact) mass is 293 g/mol. The molecule has 1 heterocycles. The summed E-state index contributed by atoms with van der Waals surface area (Å²) in [4.78, 5) is 4.43. The number of hydrogen-bond donors (Lipinski definition) is 1. The zero-order chi connectivity index (χ0) is 15.5. The van der Waals surface area contributed by atoms with Gasteiger partial charge in [0.2, 0.25) is 11.7 Å². The first-order valence-electron chi connectivity index (χ1n) is 7.32. The predicted molar refractivity (Wildman–Crippen MR) is 87.7 cm³/mol. The number of nitrogens with zero attached hydrogens (tertiary/aromatic N) is 2. The van der Waals surface area contributed by atoms with Crippen LogP contribution in [0.4, 0.5) is 5.69 Å². The van der Waals surface area contributed by atoms with E-state index in [1.807, 2.05) is 24.3 Å². The van der Waals surface area contributed by atoms with E-state index in [0.29, 0.717) is 18.3 Å². The highest BCUT2D eigenvalue weighted by molar-refractivity contribution is 5.55. The number of nitrogens with one attached hydrogen (secondary N) is 1. The fourth-order valence-electron chi connectivity index (χ4n) is 2.33. The Hall–Kier alpha value is -2.62. The van der Waals surface area contributed by atoms with Gasteiger partial charge in [-0.2, -0.15) is 4.98 Å². The molecular weight excluding hydrogens is 274 g/mol. The first-order chi connectivity index (χ1) is 10.6. The molecular formula is C18H19N3O. The second kappa shape index (κ2) is 6.02. The molecule has 1 aromatic heterocycles. The number of aryl methyl sites for hydroxylation is 3. The Morgan fingerprint density at radius 2 is 1.68 bits per heavy atom. The van der Waals surface area contributed by atoms with Crippen LogP contribution < -0.4 is 5.32 Å². The number of anilines is 1. The Bertz CT molecular complexity index is 775. The van der Waals surface area contributed by atoms with E-state index in [1.165, 1.54) is 16.7 Å². The maximum Gasteiger partial charge on any atom is 0.246 e. The highest BCUT2D eigenvalue weighted by atomic mass is 16.5. The molecule has 0 saturated carbocycles. The zero-order valence-corrected chi connectivity index (χ0v) is 13.1. The second-order valence-corrected chi connectivity index (χ2v) is 5.55. The normalized spacial score (nSPS) is 10.7. The van der Waals surface area contributed by atoms with Crippen molar-refractivity contribution in [2.45, 2.75) is 27.3 Å². The number of benzene rings is 2. The number of hydrogen-bond acceptors (Lipinski definition) is 4. The molecule has 2 aromatic carbocycles. The molecule has 1 N–H and O–H groups in total. The van der Waals surface area contributed by atoms with E-state index in [1.54, 1.807) is 0 Å². The molecule has 0 radical (unpaired) electrons. The van der Waals surface area contributed by atoms with Gasteiger partial charge >= 0.3 is 0 Å². The van der Waals surface area contributed by atoms with Crippen molar-refractivity contribution in [1.29, 1.82) is 0 Å². The van der Waals surface area contributed by atoms with Crippen LogP contribution in [0, 0.1) is 20.8 Å². The van der Waals surface area contributed by atoms with Crippen LogP contribution in [0.25, 0.3) is 11.4 Å². The van der Waals surface area contributed by atoms with Crippen molar-refractivity contribution in [1.82, 2.24) is 10.1 Å². The van der Waals surface area contributed by atoms with Crippen molar-refractivity contribution in [2.75, 3.05) is 5.32 Å². The SMILES string of the molecule is Cc1ccc(-c2noc(CNc3ccc(C)cc3C)n2)cc1. The summed E-state index contributed by atoms with van der Waals surface area (Å²) in [6.45, 7) is 6.74. The minimum Gasteiger partial charge on any atom is -0.376 e. The average molecular weight is 293 g/mol. The molecule has 0 amide bonds. The van der Waals surface area contributed by atoms with Gasteiger partial charge in [-0.25, -0.2) is 0 Å². The van der Waals surface area contributed by atoms with E-state index in [2.05, 4.69) is 54.4 Å². The predicted octanol–water partition coefficient (Wildman–Crippen LogP) is 4.27. The Balaban J connectivity index is 1.70. The maximum absolute atomic E-state index is 5.31. The average Bonchev–Trinajstić information content (AvgIpc) is 2.96. The zero-order valence-electron chi connectivity index (χ0n) is 13.1. The van der Waals surface area contributed by atoms with E-state index in [4.69, 9.17) is 4.52 Å². The fourth-order valence-corrected chi connectivity index (χ4v) is 2.33. The van der Waals surface area contributed by atoms with E-state index in [-0.39, 0.29) is 0 Å². The van der Waals surface area contributed by atoms with E-state index < -0.39 is 0 Å². The molecule has 0 unspecified atom stereocenters. The van der Waals surface area contributed by atoms with Crippen molar-refractivity contribution in [3.05, 3.63) is 65.0 Å². The Kier molecular flexibility index (Phi) is 3.92. The minimum atomic E-state index is 0.517. The Morgan fingerprint density at radius 1 is 0.955 bits per heavy atom. The third-order valence-corrected chi connectivity index (χ3v) is 3.59. The van der Waals surface area contributed by atoms with Crippen molar-refractivity contribution >= 4 is 5.69 Å². The molecule has 0 aliphatic heterocycles. The maximum atomic E-state index is 5.31. The summed E-state index contributed by atoms with van der Waals surface area (Å²) in [7, 11) is 0. The van der Waals surface area contributed by atoms with Crippen LogP contribution in [0.15, 0.2) is 47.0 Å². The smallest absolute Gasteiger partial charge is 0.246 e. The first-order valence-corrected chi connectivity index (χ1v) is 7.32. The Morgan fingerprint density at radius 3 is 2.41 bits per heavy atom. The molecule has 3 rings (SSSR count). The molecule has 0 bridgehead atoms. The van der Waals surface area contributed by atoms with Gasteiger partial charge in [-0.1, -0.05) is 52.7 Å². The van der Waals surface area contributed by atoms with Crippen molar-refractivity contribution in [2.24, 2.45) is 0 Å². The summed E-state index contributed by atoms with van der Waals surface area (Å²) in [5.41, 5.74) is 5.72.